The average Bonchev–Trinajstić information content (AvgIpc) is 3.20. The van der Waals surface area contributed by atoms with Crippen LogP contribution in [0.5, 0.6) is 0 Å². The molecule has 1 aromatic heterocycles. The van der Waals surface area contributed by atoms with Crippen LogP contribution in [0.25, 0.3) is 0 Å². The molecule has 3 fully saturated rings. The van der Waals surface area contributed by atoms with Gasteiger partial charge in [0.1, 0.15) is 0 Å². The zero-order chi connectivity index (χ0) is 18.8. The maximum absolute atomic E-state index is 12.8. The van der Waals surface area contributed by atoms with Gasteiger partial charge in [-0.05, 0) is 32.1 Å². The van der Waals surface area contributed by atoms with Crippen molar-refractivity contribution in [3.05, 3.63) is 11.7 Å². The van der Waals surface area contributed by atoms with E-state index in [-0.39, 0.29) is 23.7 Å². The van der Waals surface area contributed by atoms with Crippen LogP contribution in [-0.2, 0) is 16.0 Å². The van der Waals surface area contributed by atoms with E-state index in [4.69, 9.17) is 4.52 Å². The summed E-state index contributed by atoms with van der Waals surface area (Å²) in [5.74, 6) is 1.92. The Morgan fingerprint density at radius 1 is 1.22 bits per heavy atom. The summed E-state index contributed by atoms with van der Waals surface area (Å²) in [6.45, 7) is 3.60. The van der Waals surface area contributed by atoms with Gasteiger partial charge in [-0.25, -0.2) is 0 Å². The second-order valence-electron chi connectivity index (χ2n) is 8.15. The first-order valence-electron chi connectivity index (χ1n) is 10.2. The smallest absolute Gasteiger partial charge is 0.229 e. The topological polar surface area (TPSA) is 91.6 Å². The number of nitrogens with zero attached hydrogens (tertiary/aromatic N) is 4. The molecule has 0 bridgehead atoms. The van der Waals surface area contributed by atoms with Crippen LogP contribution in [0.1, 0.15) is 49.7 Å². The van der Waals surface area contributed by atoms with Crippen molar-refractivity contribution >= 4 is 11.8 Å². The molecule has 2 saturated heterocycles. The SMILES string of the molecule is CN(CCc1noc(C2CC2)n1)C(=O)[C@@H]1CNC[C@H](C(=O)N2CCCC2)C1. The van der Waals surface area contributed by atoms with E-state index in [1.165, 1.54) is 0 Å². The lowest BCUT2D eigenvalue weighted by Crippen LogP contribution is -2.49. The summed E-state index contributed by atoms with van der Waals surface area (Å²) < 4.78 is 5.27. The molecule has 1 aromatic rings. The van der Waals surface area contributed by atoms with E-state index in [9.17, 15) is 9.59 Å². The zero-order valence-corrected chi connectivity index (χ0v) is 16.0. The van der Waals surface area contributed by atoms with Gasteiger partial charge in [0, 0.05) is 52.1 Å². The lowest BCUT2D eigenvalue weighted by molar-refractivity contribution is -0.139. The maximum atomic E-state index is 12.8. The summed E-state index contributed by atoms with van der Waals surface area (Å²) in [6, 6.07) is 0. The van der Waals surface area contributed by atoms with Crippen molar-refractivity contribution in [3.8, 4) is 0 Å². The van der Waals surface area contributed by atoms with E-state index in [1.807, 2.05) is 11.9 Å². The van der Waals surface area contributed by atoms with Gasteiger partial charge < -0.3 is 19.6 Å². The van der Waals surface area contributed by atoms with Gasteiger partial charge in [-0.2, -0.15) is 4.98 Å². The number of likely N-dealkylation sites (N-methyl/N-ethyl adjacent to an activating group) is 1. The first-order valence-corrected chi connectivity index (χ1v) is 10.2. The molecule has 1 saturated carbocycles. The van der Waals surface area contributed by atoms with Gasteiger partial charge in [-0.1, -0.05) is 5.16 Å². The molecule has 3 heterocycles. The maximum Gasteiger partial charge on any atom is 0.229 e. The molecule has 0 spiro atoms. The molecule has 4 rings (SSSR count). The Morgan fingerprint density at radius 3 is 2.70 bits per heavy atom. The van der Waals surface area contributed by atoms with Crippen LogP contribution in [0.15, 0.2) is 4.52 Å². The molecular weight excluding hydrogens is 346 g/mol. The Kier molecular flexibility index (Phi) is 5.43. The van der Waals surface area contributed by atoms with E-state index in [2.05, 4.69) is 15.5 Å². The molecule has 2 atom stereocenters. The van der Waals surface area contributed by atoms with Crippen molar-refractivity contribution in [1.29, 1.82) is 0 Å². The van der Waals surface area contributed by atoms with Gasteiger partial charge in [0.15, 0.2) is 5.82 Å². The van der Waals surface area contributed by atoms with Gasteiger partial charge in [0.05, 0.1) is 11.8 Å². The number of hydrogen-bond donors (Lipinski definition) is 1. The molecule has 2 amide bonds. The van der Waals surface area contributed by atoms with Gasteiger partial charge >= 0.3 is 0 Å². The van der Waals surface area contributed by atoms with E-state index >= 15 is 0 Å². The largest absolute Gasteiger partial charge is 0.345 e. The van der Waals surface area contributed by atoms with Crippen LogP contribution in [0.4, 0.5) is 0 Å². The molecule has 1 aliphatic carbocycles. The van der Waals surface area contributed by atoms with E-state index in [0.29, 0.717) is 44.2 Å². The van der Waals surface area contributed by atoms with Crippen molar-refractivity contribution in [2.24, 2.45) is 11.8 Å². The van der Waals surface area contributed by atoms with Crippen molar-refractivity contribution in [2.75, 3.05) is 39.8 Å². The van der Waals surface area contributed by atoms with Crippen LogP contribution in [-0.4, -0.2) is 71.5 Å². The lowest BCUT2D eigenvalue weighted by atomic mass is 9.88. The van der Waals surface area contributed by atoms with Crippen LogP contribution in [0.2, 0.25) is 0 Å². The Bertz CT molecular complexity index is 681. The normalized spacial score (nSPS) is 25.6. The fourth-order valence-corrected chi connectivity index (χ4v) is 4.07. The molecule has 0 unspecified atom stereocenters. The Hall–Kier alpha value is -1.96. The molecule has 8 heteroatoms. The molecule has 27 heavy (non-hydrogen) atoms. The zero-order valence-electron chi connectivity index (χ0n) is 16.0. The number of amides is 2. The number of hydrogen-bond acceptors (Lipinski definition) is 6. The first-order chi connectivity index (χ1) is 13.1. The van der Waals surface area contributed by atoms with Crippen LogP contribution in [0, 0.1) is 11.8 Å². The number of piperidine rings is 1. The molecule has 3 aliphatic rings. The molecule has 0 aromatic carbocycles. The van der Waals surface area contributed by atoms with E-state index < -0.39 is 0 Å². The summed E-state index contributed by atoms with van der Waals surface area (Å²) in [5.41, 5.74) is 0. The Labute approximate surface area is 159 Å². The monoisotopic (exact) mass is 375 g/mol. The number of carbonyl (C=O) groups is 2. The van der Waals surface area contributed by atoms with Crippen molar-refractivity contribution < 1.29 is 14.1 Å². The third kappa shape index (κ3) is 4.31. The van der Waals surface area contributed by atoms with E-state index in [1.54, 1.807) is 4.90 Å². The van der Waals surface area contributed by atoms with Gasteiger partial charge in [-0.3, -0.25) is 9.59 Å². The summed E-state index contributed by atoms with van der Waals surface area (Å²) in [4.78, 5) is 33.6. The Balaban J connectivity index is 1.27. The molecule has 0 radical (unpaired) electrons. The standard InChI is InChI=1S/C19H29N5O3/c1-23(9-6-16-21-17(27-22-16)13-4-5-13)18(25)14-10-15(12-20-11-14)19(26)24-7-2-3-8-24/h13-15,20H,2-12H2,1H3/t14-,15+/m0/s1. The fourth-order valence-electron chi connectivity index (χ4n) is 4.07. The second-order valence-corrected chi connectivity index (χ2v) is 8.15. The number of carbonyl (C=O) groups excluding carboxylic acids is 2. The fraction of sp³-hybridized carbons (Fsp3) is 0.789. The molecule has 2 aliphatic heterocycles. The quantitative estimate of drug-likeness (QED) is 0.791. The van der Waals surface area contributed by atoms with Crippen molar-refractivity contribution in [2.45, 2.75) is 44.4 Å². The highest BCUT2D eigenvalue weighted by Crippen LogP contribution is 2.38. The Morgan fingerprint density at radius 2 is 1.96 bits per heavy atom. The van der Waals surface area contributed by atoms with Gasteiger partial charge in [0.25, 0.3) is 0 Å². The third-order valence-corrected chi connectivity index (χ3v) is 5.92. The summed E-state index contributed by atoms with van der Waals surface area (Å²) in [5, 5.41) is 7.30. The van der Waals surface area contributed by atoms with Crippen molar-refractivity contribution in [3.63, 3.8) is 0 Å². The molecule has 8 nitrogen and oxygen atoms in total. The van der Waals surface area contributed by atoms with Gasteiger partial charge in [-0.15, -0.1) is 0 Å². The van der Waals surface area contributed by atoms with E-state index in [0.717, 1.165) is 44.7 Å². The summed E-state index contributed by atoms with van der Waals surface area (Å²) in [6.07, 6.45) is 5.68. The molecular formula is C19H29N5O3. The number of rotatable bonds is 6. The third-order valence-electron chi connectivity index (χ3n) is 5.92. The van der Waals surface area contributed by atoms with Crippen LogP contribution < -0.4 is 5.32 Å². The number of aromatic nitrogens is 2. The number of nitrogens with one attached hydrogen (secondary N) is 1. The highest BCUT2D eigenvalue weighted by atomic mass is 16.5. The highest BCUT2D eigenvalue weighted by molar-refractivity contribution is 5.83. The predicted octanol–water partition coefficient (Wildman–Crippen LogP) is 0.796. The van der Waals surface area contributed by atoms with Crippen molar-refractivity contribution in [1.82, 2.24) is 25.3 Å². The minimum atomic E-state index is -0.146. The highest BCUT2D eigenvalue weighted by Gasteiger charge is 2.35. The minimum Gasteiger partial charge on any atom is -0.345 e. The van der Waals surface area contributed by atoms with Crippen LogP contribution >= 0.6 is 0 Å². The lowest BCUT2D eigenvalue weighted by Gasteiger charge is -2.33. The minimum absolute atomic E-state index is 0.0856. The molecule has 1 N–H and O–H groups in total. The van der Waals surface area contributed by atoms with Gasteiger partial charge in [0.2, 0.25) is 17.7 Å². The second kappa shape index (κ2) is 7.96. The summed E-state index contributed by atoms with van der Waals surface area (Å²) in [7, 11) is 1.82. The van der Waals surface area contributed by atoms with Crippen LogP contribution in [0.3, 0.4) is 0 Å². The predicted molar refractivity (Wildman–Crippen MR) is 97.9 cm³/mol. The molecule has 148 valence electrons. The summed E-state index contributed by atoms with van der Waals surface area (Å²) >= 11 is 0. The number of likely N-dealkylation sites (tertiary alicyclic amines) is 1. The average molecular weight is 375 g/mol. The first kappa shape index (κ1) is 18.4.